The highest BCUT2D eigenvalue weighted by Gasteiger charge is 2.19. The summed E-state index contributed by atoms with van der Waals surface area (Å²) < 4.78 is 37.6. The number of fused-ring (bicyclic) bond motifs is 1. The molecule has 0 bridgehead atoms. The quantitative estimate of drug-likeness (QED) is 0.770. The van der Waals surface area contributed by atoms with Crippen molar-refractivity contribution in [3.8, 4) is 11.5 Å². The van der Waals surface area contributed by atoms with Gasteiger partial charge < -0.3 is 15.2 Å². The topological polar surface area (TPSA) is 93.9 Å². The molecule has 0 aromatic heterocycles. The van der Waals surface area contributed by atoms with E-state index in [1.807, 2.05) is 0 Å². The van der Waals surface area contributed by atoms with Gasteiger partial charge in [0.05, 0.1) is 11.4 Å². The average molecular weight is 273 g/mol. The lowest BCUT2D eigenvalue weighted by Crippen LogP contribution is -2.29. The fourth-order valence-corrected chi connectivity index (χ4v) is 2.06. The molecule has 0 saturated heterocycles. The van der Waals surface area contributed by atoms with Crippen molar-refractivity contribution in [1.29, 1.82) is 0 Å². The molecule has 0 radical (unpaired) electrons. The number of ether oxygens (including phenoxy) is 2. The van der Waals surface area contributed by atoms with Gasteiger partial charge in [0.25, 0.3) is 0 Å². The minimum atomic E-state index is -3.59. The first-order chi connectivity index (χ1) is 8.40. The second kappa shape index (κ2) is 4.54. The Hall–Kier alpha value is -1.67. The van der Waals surface area contributed by atoms with Gasteiger partial charge in [-0.2, -0.15) is 12.7 Å². The maximum atomic E-state index is 11.7. The van der Waals surface area contributed by atoms with Gasteiger partial charge in [0.15, 0.2) is 11.5 Å². The number of nitrogens with zero attached hydrogens (tertiary/aromatic N) is 1. The van der Waals surface area contributed by atoms with E-state index in [1.165, 1.54) is 20.2 Å². The molecule has 1 aromatic rings. The third-order valence-electron chi connectivity index (χ3n) is 2.43. The minimum Gasteiger partial charge on any atom is -0.486 e. The Balaban J connectivity index is 2.35. The van der Waals surface area contributed by atoms with E-state index in [4.69, 9.17) is 15.2 Å². The van der Waals surface area contributed by atoms with E-state index >= 15 is 0 Å². The highest BCUT2D eigenvalue weighted by molar-refractivity contribution is 7.90. The molecule has 0 aliphatic carbocycles. The predicted octanol–water partition coefficient (Wildman–Crippen LogP) is 0.258. The van der Waals surface area contributed by atoms with Gasteiger partial charge in [-0.3, -0.25) is 4.72 Å². The summed E-state index contributed by atoms with van der Waals surface area (Å²) in [6.07, 6.45) is 0. The fraction of sp³-hybridized carbons (Fsp3) is 0.400. The molecule has 1 aliphatic rings. The van der Waals surface area contributed by atoms with Crippen LogP contribution in [0, 0.1) is 0 Å². The van der Waals surface area contributed by atoms with Crippen LogP contribution in [0.15, 0.2) is 12.1 Å². The first-order valence-corrected chi connectivity index (χ1v) is 6.73. The van der Waals surface area contributed by atoms with Gasteiger partial charge in [0.2, 0.25) is 0 Å². The number of nitrogen functional groups attached to an aromatic ring is 1. The van der Waals surface area contributed by atoms with Crippen molar-refractivity contribution in [2.24, 2.45) is 0 Å². The molecule has 1 aromatic carbocycles. The monoisotopic (exact) mass is 273 g/mol. The van der Waals surface area contributed by atoms with Crippen LogP contribution in [0.5, 0.6) is 11.5 Å². The van der Waals surface area contributed by atoms with Gasteiger partial charge in [0, 0.05) is 26.2 Å². The minimum absolute atomic E-state index is 0.271. The number of hydrogen-bond donors (Lipinski definition) is 2. The number of rotatable bonds is 3. The predicted molar refractivity (Wildman–Crippen MR) is 68.1 cm³/mol. The van der Waals surface area contributed by atoms with Crippen LogP contribution in [-0.4, -0.2) is 40.0 Å². The Morgan fingerprint density at radius 1 is 1.22 bits per heavy atom. The molecule has 3 N–H and O–H groups in total. The van der Waals surface area contributed by atoms with Crippen LogP contribution in [0.4, 0.5) is 11.4 Å². The highest BCUT2D eigenvalue weighted by atomic mass is 32.2. The Labute approximate surface area is 106 Å². The van der Waals surface area contributed by atoms with E-state index in [0.29, 0.717) is 24.7 Å². The van der Waals surface area contributed by atoms with Crippen LogP contribution in [0.2, 0.25) is 0 Å². The molecule has 0 unspecified atom stereocenters. The van der Waals surface area contributed by atoms with Gasteiger partial charge in [-0.1, -0.05) is 0 Å². The number of nitrogens with one attached hydrogen (secondary N) is 1. The summed E-state index contributed by atoms with van der Waals surface area (Å²) in [5.74, 6) is 0.999. The molecule has 0 amide bonds. The molecule has 7 nitrogen and oxygen atoms in total. The maximum absolute atomic E-state index is 11.7. The van der Waals surface area contributed by atoms with Crippen LogP contribution >= 0.6 is 0 Å². The number of anilines is 2. The summed E-state index contributed by atoms with van der Waals surface area (Å²) in [5, 5.41) is 0. The largest absolute Gasteiger partial charge is 0.486 e. The molecule has 8 heteroatoms. The molecule has 1 aliphatic heterocycles. The molecule has 0 fully saturated rings. The standard InChI is InChI=1S/C10H15N3O4S/c1-13(2)18(14,15)12-8-6-10-9(5-7(8)11)16-3-4-17-10/h5-6,12H,3-4,11H2,1-2H3. The molecule has 1 heterocycles. The van der Waals surface area contributed by atoms with Crippen molar-refractivity contribution in [3.63, 3.8) is 0 Å². The van der Waals surface area contributed by atoms with E-state index < -0.39 is 10.2 Å². The molecule has 18 heavy (non-hydrogen) atoms. The van der Waals surface area contributed by atoms with E-state index in [9.17, 15) is 8.42 Å². The summed E-state index contributed by atoms with van der Waals surface area (Å²) in [6.45, 7) is 0.881. The SMILES string of the molecule is CN(C)S(=O)(=O)Nc1cc2c(cc1N)OCCO2. The maximum Gasteiger partial charge on any atom is 0.301 e. The van der Waals surface area contributed by atoms with Gasteiger partial charge >= 0.3 is 10.2 Å². The van der Waals surface area contributed by atoms with Crippen molar-refractivity contribution in [1.82, 2.24) is 4.31 Å². The van der Waals surface area contributed by atoms with E-state index in [0.717, 1.165) is 4.31 Å². The Kier molecular flexibility index (Phi) is 3.22. The molecule has 0 saturated carbocycles. The lowest BCUT2D eigenvalue weighted by Gasteiger charge is -2.21. The molecule has 100 valence electrons. The first kappa shape index (κ1) is 12.8. The summed E-state index contributed by atoms with van der Waals surface area (Å²) in [5.41, 5.74) is 6.32. The third kappa shape index (κ3) is 2.44. The first-order valence-electron chi connectivity index (χ1n) is 5.29. The van der Waals surface area contributed by atoms with Crippen LogP contribution in [0.1, 0.15) is 0 Å². The van der Waals surface area contributed by atoms with E-state index in [1.54, 1.807) is 6.07 Å². The Morgan fingerprint density at radius 3 is 2.33 bits per heavy atom. The normalized spacial score (nSPS) is 14.6. The molecule has 0 spiro atoms. The number of hydrogen-bond acceptors (Lipinski definition) is 5. The lowest BCUT2D eigenvalue weighted by atomic mass is 10.2. The van der Waals surface area contributed by atoms with Gasteiger partial charge in [-0.25, -0.2) is 0 Å². The van der Waals surface area contributed by atoms with E-state index in [2.05, 4.69) is 4.72 Å². The van der Waals surface area contributed by atoms with Crippen LogP contribution in [0.3, 0.4) is 0 Å². The summed E-state index contributed by atoms with van der Waals surface area (Å²) in [6, 6.07) is 3.06. The molecule has 2 rings (SSSR count). The fourth-order valence-electron chi connectivity index (χ4n) is 1.42. The molecular weight excluding hydrogens is 258 g/mol. The van der Waals surface area contributed by atoms with Crippen molar-refractivity contribution in [2.45, 2.75) is 0 Å². The van der Waals surface area contributed by atoms with Crippen molar-refractivity contribution >= 4 is 21.6 Å². The zero-order valence-electron chi connectivity index (χ0n) is 10.1. The Morgan fingerprint density at radius 2 is 1.78 bits per heavy atom. The third-order valence-corrected chi connectivity index (χ3v) is 3.87. The van der Waals surface area contributed by atoms with Crippen LogP contribution < -0.4 is 19.9 Å². The number of nitrogens with two attached hydrogens (primary N) is 1. The van der Waals surface area contributed by atoms with Crippen LogP contribution in [-0.2, 0) is 10.2 Å². The molecule has 0 atom stereocenters. The van der Waals surface area contributed by atoms with Crippen molar-refractivity contribution in [3.05, 3.63) is 12.1 Å². The van der Waals surface area contributed by atoms with E-state index in [-0.39, 0.29) is 11.4 Å². The van der Waals surface area contributed by atoms with Gasteiger partial charge in [-0.15, -0.1) is 0 Å². The second-order valence-corrected chi connectivity index (χ2v) is 5.86. The van der Waals surface area contributed by atoms with Crippen molar-refractivity contribution in [2.75, 3.05) is 37.8 Å². The zero-order valence-corrected chi connectivity index (χ0v) is 11.0. The summed E-state index contributed by atoms with van der Waals surface area (Å²) in [7, 11) is -0.739. The smallest absolute Gasteiger partial charge is 0.301 e. The molecular formula is C10H15N3O4S. The highest BCUT2D eigenvalue weighted by Crippen LogP contribution is 2.37. The lowest BCUT2D eigenvalue weighted by molar-refractivity contribution is 0.172. The number of benzene rings is 1. The van der Waals surface area contributed by atoms with Gasteiger partial charge in [0.1, 0.15) is 13.2 Å². The zero-order chi connectivity index (χ0) is 13.3. The summed E-state index contributed by atoms with van der Waals surface area (Å²) in [4.78, 5) is 0. The Bertz CT molecular complexity index is 556. The van der Waals surface area contributed by atoms with Crippen molar-refractivity contribution < 1.29 is 17.9 Å². The van der Waals surface area contributed by atoms with Gasteiger partial charge in [-0.05, 0) is 0 Å². The van der Waals surface area contributed by atoms with Crippen LogP contribution in [0.25, 0.3) is 0 Å². The second-order valence-electron chi connectivity index (χ2n) is 3.97. The summed E-state index contributed by atoms with van der Waals surface area (Å²) >= 11 is 0. The average Bonchev–Trinajstić information content (AvgIpc) is 2.29.